The van der Waals surface area contributed by atoms with E-state index < -0.39 is 41.2 Å². The Labute approximate surface area is 386 Å². The van der Waals surface area contributed by atoms with Crippen molar-refractivity contribution < 1.29 is 27.1 Å². The van der Waals surface area contributed by atoms with Gasteiger partial charge < -0.3 is 19.9 Å². The molecule has 2 saturated carbocycles. The number of piperidine rings is 1. The minimum Gasteiger partial charge on any atom is -0.455 e. The molecule has 66 heavy (non-hydrogen) atoms. The van der Waals surface area contributed by atoms with Crippen LogP contribution in [0.5, 0.6) is 11.5 Å². The lowest BCUT2D eigenvalue weighted by molar-refractivity contribution is -0.384. The third-order valence-corrected chi connectivity index (χ3v) is 17.6. The van der Waals surface area contributed by atoms with Gasteiger partial charge in [-0.2, -0.15) is 0 Å². The molecule has 4 aliphatic rings. The fourth-order valence-electron chi connectivity index (χ4n) is 10.7. The van der Waals surface area contributed by atoms with Crippen LogP contribution in [0, 0.1) is 32.1 Å². The zero-order valence-electron chi connectivity index (χ0n) is 37.7. The number of H-pyrrole nitrogens is 1. The first-order valence-electron chi connectivity index (χ1n) is 23.1. The summed E-state index contributed by atoms with van der Waals surface area (Å²) < 4.78 is 57.7. The van der Waals surface area contributed by atoms with Gasteiger partial charge in [-0.05, 0) is 97.1 Å². The molecule has 3 aromatic heterocycles. The highest BCUT2D eigenvalue weighted by molar-refractivity contribution is 7.92. The van der Waals surface area contributed by atoms with Gasteiger partial charge in [0.1, 0.15) is 22.0 Å². The maximum Gasteiger partial charge on any atom is 0.312 e. The second kappa shape index (κ2) is 18.2. The van der Waals surface area contributed by atoms with E-state index in [1.54, 1.807) is 24.4 Å². The van der Waals surface area contributed by atoms with Gasteiger partial charge in [-0.15, -0.1) is 0 Å². The van der Waals surface area contributed by atoms with Crippen molar-refractivity contribution in [1.29, 1.82) is 4.78 Å². The molecule has 5 aromatic rings. The zero-order valence-corrected chi connectivity index (χ0v) is 39.3. The van der Waals surface area contributed by atoms with Gasteiger partial charge in [-0.3, -0.25) is 24.6 Å². The van der Waals surface area contributed by atoms with Crippen LogP contribution in [0.15, 0.2) is 84.1 Å². The number of carbonyl (C=O) groups excluding carboxylic acids is 1. The number of ether oxygens (including phenoxy) is 1. The van der Waals surface area contributed by atoms with Crippen LogP contribution in [0.2, 0.25) is 0 Å². The fourth-order valence-corrected chi connectivity index (χ4v) is 13.1. The molecule has 2 atom stereocenters. The third-order valence-electron chi connectivity index (χ3n) is 14.6. The molecular formula is C48H59N9O7S2. The van der Waals surface area contributed by atoms with Crippen molar-refractivity contribution in [2.75, 3.05) is 47.9 Å². The molecule has 1 unspecified atom stereocenters. The minimum atomic E-state index is -4.62. The lowest BCUT2D eigenvalue weighted by Gasteiger charge is -2.57. The second-order valence-corrected chi connectivity index (χ2v) is 23.4. The number of nitrogens with one attached hydrogen (secondary N) is 4. The Bertz CT molecular complexity index is 2850. The van der Waals surface area contributed by atoms with Gasteiger partial charge in [-0.1, -0.05) is 57.9 Å². The summed E-state index contributed by atoms with van der Waals surface area (Å²) >= 11 is 0. The monoisotopic (exact) mass is 937 g/mol. The topological polar surface area (TPSA) is 217 Å². The van der Waals surface area contributed by atoms with E-state index in [-0.39, 0.29) is 28.6 Å². The summed E-state index contributed by atoms with van der Waals surface area (Å²) in [6, 6.07) is 18.3. The number of aromatic nitrogens is 3. The average molecular weight is 938 g/mol. The first-order valence-corrected chi connectivity index (χ1v) is 26.5. The van der Waals surface area contributed by atoms with Gasteiger partial charge in [0.2, 0.25) is 5.82 Å². The van der Waals surface area contributed by atoms with Gasteiger partial charge in [0.25, 0.3) is 15.9 Å². The number of hydrogen-bond donors (Lipinski definition) is 4. The van der Waals surface area contributed by atoms with Crippen LogP contribution >= 0.6 is 0 Å². The van der Waals surface area contributed by atoms with Gasteiger partial charge in [0.05, 0.1) is 28.6 Å². The van der Waals surface area contributed by atoms with E-state index in [0.29, 0.717) is 59.8 Å². The molecule has 5 heterocycles. The lowest BCUT2D eigenvalue weighted by Crippen LogP contribution is -2.58. The third kappa shape index (κ3) is 9.63. The van der Waals surface area contributed by atoms with Crippen LogP contribution in [-0.4, -0.2) is 87.0 Å². The van der Waals surface area contributed by atoms with Crippen LogP contribution in [0.1, 0.15) is 106 Å². The summed E-state index contributed by atoms with van der Waals surface area (Å²) in [4.78, 5) is 41.3. The quantitative estimate of drug-likeness (QED) is 0.0643. The second-order valence-electron chi connectivity index (χ2n) is 19.4. The molecule has 4 fully saturated rings. The number of nitrogens with zero attached hydrogens (tertiary/aromatic N) is 5. The Hall–Kier alpha value is -5.59. The fraction of sp³-hybridized carbons (Fsp3) is 0.479. The molecule has 4 N–H and O–H groups in total. The molecule has 2 aromatic carbocycles. The maximum absolute atomic E-state index is 14.0. The summed E-state index contributed by atoms with van der Waals surface area (Å²) in [6.45, 7) is 9.25. The number of carbonyl (C=O) groups is 1. The highest BCUT2D eigenvalue weighted by Crippen LogP contribution is 2.53. The number of hydrogen-bond acceptors (Lipinski definition) is 13. The normalized spacial score (nSPS) is 23.7. The van der Waals surface area contributed by atoms with Crippen LogP contribution in [0.4, 0.5) is 17.2 Å². The van der Waals surface area contributed by atoms with Crippen molar-refractivity contribution in [3.8, 4) is 11.5 Å². The number of anilines is 2. The largest absolute Gasteiger partial charge is 0.455 e. The average Bonchev–Trinajstić information content (AvgIpc) is 3.76. The van der Waals surface area contributed by atoms with E-state index in [9.17, 15) is 27.5 Å². The van der Waals surface area contributed by atoms with E-state index in [0.717, 1.165) is 87.8 Å². The van der Waals surface area contributed by atoms with Crippen molar-refractivity contribution in [1.82, 2.24) is 24.6 Å². The molecule has 1 spiro atoms. The van der Waals surface area contributed by atoms with E-state index in [2.05, 4.69) is 79.8 Å². The molecular weight excluding hydrogens is 879 g/mol. The Morgan fingerprint density at radius 2 is 1.79 bits per heavy atom. The maximum atomic E-state index is 14.0. The van der Waals surface area contributed by atoms with Crippen molar-refractivity contribution >= 4 is 53.9 Å². The van der Waals surface area contributed by atoms with Gasteiger partial charge in [0, 0.05) is 83.1 Å². The number of amides is 1. The summed E-state index contributed by atoms with van der Waals surface area (Å²) in [6.07, 6.45) is 12.5. The molecule has 2 aliphatic heterocycles. The number of benzene rings is 2. The Kier molecular flexibility index (Phi) is 12.6. The standard InChI is InChI=1S/C48H59N9O7S2/c1-31(2)39-6-4-5-7-40(39)43-30-65(49,61)21-20-56(43)36-25-48(26-36)15-18-55(19-16-48)35-12-13-41(44(23-35)64-37-22-34-14-17-50-45(34)52-28-37)47(58)54-66(62,63)38-24-42(57(59)60)46(53-29-38)51-27-33-10-8-32(3)9-11-33/h4-7,12-14,17,22-24,28-29,31-33,36,43,49H,8-11,15-16,18-21,25-27,30H2,1-3H3,(H,50,52)(H,51,53)(H,54,58)/t32?,33?,43-,65?/m0/s1. The number of pyridine rings is 2. The molecule has 350 valence electrons. The Balaban J connectivity index is 0.907. The van der Waals surface area contributed by atoms with E-state index in [1.165, 1.54) is 23.4 Å². The Morgan fingerprint density at radius 3 is 2.53 bits per heavy atom. The molecule has 9 rings (SSSR count). The number of rotatable bonds is 13. The SMILES string of the molecule is CC1CCC(CNc2ncc(S(=O)(=O)NC(=O)c3ccc(N4CCC5(CC4)CC(N4CCS(=N)(=O)C[C@H]4c4ccccc4C(C)C)C5)cc3Oc3cnc4[nH]ccc4c3)cc2[N+](=O)[O-])CC1. The number of aromatic amines is 1. The molecule has 0 radical (unpaired) electrons. The smallest absolute Gasteiger partial charge is 0.312 e. The van der Waals surface area contributed by atoms with Gasteiger partial charge in [0.15, 0.2) is 0 Å². The summed E-state index contributed by atoms with van der Waals surface area (Å²) in [7, 11) is -7.28. The summed E-state index contributed by atoms with van der Waals surface area (Å²) in [5.74, 6) is 1.52. The van der Waals surface area contributed by atoms with Gasteiger partial charge >= 0.3 is 5.69 Å². The van der Waals surface area contributed by atoms with Crippen molar-refractivity contribution in [2.45, 2.75) is 95.0 Å². The number of nitro groups is 1. The summed E-state index contributed by atoms with van der Waals surface area (Å²) in [5.41, 5.74) is 3.52. The molecule has 2 aliphatic carbocycles. The molecule has 18 heteroatoms. The lowest BCUT2D eigenvalue weighted by atomic mass is 9.59. The highest BCUT2D eigenvalue weighted by Gasteiger charge is 2.50. The Morgan fingerprint density at radius 1 is 1.03 bits per heavy atom. The van der Waals surface area contributed by atoms with E-state index >= 15 is 0 Å². The van der Waals surface area contributed by atoms with Crippen LogP contribution in [0.25, 0.3) is 11.0 Å². The minimum absolute atomic E-state index is 0.0232. The zero-order chi connectivity index (χ0) is 46.4. The van der Waals surface area contributed by atoms with Crippen LogP contribution in [-0.2, 0) is 19.8 Å². The molecule has 16 nitrogen and oxygen atoms in total. The summed E-state index contributed by atoms with van der Waals surface area (Å²) in [5, 5.41) is 16.0. The van der Waals surface area contributed by atoms with Crippen molar-refractivity contribution in [2.24, 2.45) is 17.3 Å². The number of sulfonamides is 1. The van der Waals surface area contributed by atoms with Crippen molar-refractivity contribution in [3.63, 3.8) is 0 Å². The first kappa shape index (κ1) is 45.6. The van der Waals surface area contributed by atoms with Crippen LogP contribution in [0.3, 0.4) is 0 Å². The van der Waals surface area contributed by atoms with E-state index in [4.69, 9.17) is 9.52 Å². The first-order chi connectivity index (χ1) is 31.6. The molecule has 1 amide bonds. The molecule has 0 bridgehead atoms. The molecule has 2 saturated heterocycles. The predicted octanol–water partition coefficient (Wildman–Crippen LogP) is 8.99. The highest BCUT2D eigenvalue weighted by atomic mass is 32.2. The van der Waals surface area contributed by atoms with Gasteiger partial charge in [-0.25, -0.2) is 27.3 Å². The van der Waals surface area contributed by atoms with E-state index in [1.807, 2.05) is 6.07 Å². The number of fused-ring (bicyclic) bond motifs is 1. The predicted molar refractivity (Wildman–Crippen MR) is 255 cm³/mol. The van der Waals surface area contributed by atoms with Crippen molar-refractivity contribution in [3.05, 3.63) is 106 Å². The van der Waals surface area contributed by atoms with Crippen LogP contribution < -0.4 is 19.7 Å².